The molecule has 128 valence electrons. The molecule has 0 aliphatic heterocycles. The Balaban J connectivity index is 0.000000626. The summed E-state index contributed by atoms with van der Waals surface area (Å²) in [7, 11) is 0. The third-order valence-corrected chi connectivity index (χ3v) is 3.45. The van der Waals surface area contributed by atoms with Crippen molar-refractivity contribution in [2.24, 2.45) is 0 Å². The van der Waals surface area contributed by atoms with Crippen LogP contribution < -0.4 is 0 Å². The van der Waals surface area contributed by atoms with E-state index in [1.54, 1.807) is 13.0 Å². The van der Waals surface area contributed by atoms with E-state index in [4.69, 9.17) is 5.11 Å². The molecule has 0 amide bonds. The lowest BCUT2D eigenvalue weighted by Gasteiger charge is -2.04. The minimum Gasteiger partial charge on any atom is -0.508 e. The van der Waals surface area contributed by atoms with Gasteiger partial charge in [0.2, 0.25) is 0 Å². The Bertz CT molecular complexity index is 350. The summed E-state index contributed by atoms with van der Waals surface area (Å²) < 4.78 is 4.60. The Labute approximate surface area is 136 Å². The van der Waals surface area contributed by atoms with Crippen LogP contribution in [0.4, 0.5) is 0 Å². The number of para-hydroxylation sites is 1. The molecule has 0 heterocycles. The number of unbranched alkanes of at least 4 members (excludes halogenated alkanes) is 6. The van der Waals surface area contributed by atoms with Crippen LogP contribution in [-0.4, -0.2) is 23.1 Å². The third kappa shape index (κ3) is 12.7. The van der Waals surface area contributed by atoms with Crippen molar-refractivity contribution in [3.05, 3.63) is 29.8 Å². The van der Waals surface area contributed by atoms with Crippen LogP contribution in [0.1, 0.15) is 71.3 Å². The van der Waals surface area contributed by atoms with Gasteiger partial charge in [0.15, 0.2) is 6.29 Å². The van der Waals surface area contributed by atoms with Crippen LogP contribution in [0, 0.1) is 0 Å². The second-order valence-corrected chi connectivity index (χ2v) is 5.55. The molecule has 0 saturated heterocycles. The number of aliphatic hydroxyl groups is 1. The summed E-state index contributed by atoms with van der Waals surface area (Å²) in [5.41, 5.74) is 1.09. The quantitative estimate of drug-likeness (QED) is 0.470. The lowest BCUT2D eigenvalue weighted by molar-refractivity contribution is -0.0800. The second-order valence-electron chi connectivity index (χ2n) is 5.55. The van der Waals surface area contributed by atoms with E-state index in [1.165, 1.54) is 44.9 Å². The van der Waals surface area contributed by atoms with Crippen molar-refractivity contribution >= 4 is 0 Å². The summed E-state index contributed by atoms with van der Waals surface area (Å²) in [6.45, 7) is 6.26. The molecule has 1 atom stereocenters. The number of hydrogen-bond donors (Lipinski definition) is 2. The molecule has 1 unspecified atom stereocenters. The van der Waals surface area contributed by atoms with Gasteiger partial charge in [-0.15, -0.1) is 0 Å². The fourth-order valence-electron chi connectivity index (χ4n) is 2.24. The highest BCUT2D eigenvalue weighted by molar-refractivity contribution is 5.31. The van der Waals surface area contributed by atoms with Crippen molar-refractivity contribution in [3.63, 3.8) is 0 Å². The molecule has 3 heteroatoms. The first-order valence-corrected chi connectivity index (χ1v) is 8.68. The number of aromatic hydroxyl groups is 1. The van der Waals surface area contributed by atoms with Crippen LogP contribution in [0.25, 0.3) is 0 Å². The molecule has 1 aromatic rings. The number of hydrogen-bond acceptors (Lipinski definition) is 3. The first-order chi connectivity index (χ1) is 10.6. The van der Waals surface area contributed by atoms with E-state index in [0.29, 0.717) is 12.4 Å². The topological polar surface area (TPSA) is 49.7 Å². The van der Waals surface area contributed by atoms with Gasteiger partial charge in [0, 0.05) is 6.61 Å². The fraction of sp³-hybridized carbons (Fsp3) is 0.684. The smallest absolute Gasteiger partial charge is 0.151 e. The number of aliphatic hydroxyl groups excluding tert-OH is 1. The van der Waals surface area contributed by atoms with Crippen LogP contribution in [0.2, 0.25) is 0 Å². The maximum atomic E-state index is 9.58. The molecule has 0 aliphatic rings. The largest absolute Gasteiger partial charge is 0.508 e. The SMILES string of the molecule is CCCCCCCCCc1ccccc1O.CCOC(C)O. The van der Waals surface area contributed by atoms with Crippen molar-refractivity contribution in [1.29, 1.82) is 0 Å². The number of rotatable bonds is 10. The third-order valence-electron chi connectivity index (χ3n) is 3.45. The Hall–Kier alpha value is -1.06. The normalized spacial score (nSPS) is 11.6. The molecule has 0 saturated carbocycles. The van der Waals surface area contributed by atoms with Crippen LogP contribution in [-0.2, 0) is 11.2 Å². The molecule has 1 aromatic carbocycles. The van der Waals surface area contributed by atoms with Crippen LogP contribution in [0.15, 0.2) is 24.3 Å². The van der Waals surface area contributed by atoms with Gasteiger partial charge in [-0.1, -0.05) is 63.6 Å². The highest BCUT2D eigenvalue weighted by Crippen LogP contribution is 2.18. The van der Waals surface area contributed by atoms with Crippen molar-refractivity contribution in [1.82, 2.24) is 0 Å². The number of aryl methyl sites for hydroxylation is 1. The van der Waals surface area contributed by atoms with Gasteiger partial charge in [-0.25, -0.2) is 0 Å². The molecule has 3 nitrogen and oxygen atoms in total. The highest BCUT2D eigenvalue weighted by Gasteiger charge is 1.98. The molecule has 22 heavy (non-hydrogen) atoms. The number of phenols is 1. The van der Waals surface area contributed by atoms with Crippen molar-refractivity contribution < 1.29 is 14.9 Å². The first-order valence-electron chi connectivity index (χ1n) is 8.68. The maximum Gasteiger partial charge on any atom is 0.151 e. The first kappa shape index (κ1) is 20.9. The van der Waals surface area contributed by atoms with Gasteiger partial charge < -0.3 is 14.9 Å². The van der Waals surface area contributed by atoms with E-state index >= 15 is 0 Å². The molecule has 0 aliphatic carbocycles. The number of benzene rings is 1. The summed E-state index contributed by atoms with van der Waals surface area (Å²) in [6, 6.07) is 7.67. The van der Waals surface area contributed by atoms with Crippen LogP contribution >= 0.6 is 0 Å². The predicted octanol–water partition coefficient (Wildman–Crippen LogP) is 5.05. The van der Waals surface area contributed by atoms with E-state index in [9.17, 15) is 5.11 Å². The summed E-state index contributed by atoms with van der Waals surface area (Å²) >= 11 is 0. The van der Waals surface area contributed by atoms with Gasteiger partial charge >= 0.3 is 0 Å². The van der Waals surface area contributed by atoms with Gasteiger partial charge in [-0.2, -0.15) is 0 Å². The molecule has 0 aromatic heterocycles. The minimum absolute atomic E-state index is 0.452. The maximum absolute atomic E-state index is 9.58. The zero-order valence-electron chi connectivity index (χ0n) is 14.6. The lowest BCUT2D eigenvalue weighted by Crippen LogP contribution is -2.04. The highest BCUT2D eigenvalue weighted by atomic mass is 16.6. The van der Waals surface area contributed by atoms with E-state index in [1.807, 2.05) is 25.1 Å². The lowest BCUT2D eigenvalue weighted by atomic mass is 10.0. The molecule has 0 fully saturated rings. The molecular weight excluding hydrogens is 276 g/mol. The van der Waals surface area contributed by atoms with Gasteiger partial charge in [0.1, 0.15) is 5.75 Å². The standard InChI is InChI=1S/C15H24O.C4H10O2/c1-2-3-4-5-6-7-8-11-14-12-9-10-13-15(14)16;1-3-6-4(2)5/h9-10,12-13,16H,2-8,11H2,1H3;4-5H,3H2,1-2H3. The zero-order valence-corrected chi connectivity index (χ0v) is 14.6. The van der Waals surface area contributed by atoms with Crippen molar-refractivity contribution in [3.8, 4) is 5.75 Å². The number of phenolic OH excluding ortho intramolecular Hbond substituents is 1. The van der Waals surface area contributed by atoms with Gasteiger partial charge in [0.25, 0.3) is 0 Å². The second kappa shape index (κ2) is 14.9. The predicted molar refractivity (Wildman–Crippen MR) is 93.1 cm³/mol. The molecule has 1 rings (SSSR count). The molecule has 0 radical (unpaired) electrons. The Morgan fingerprint density at radius 3 is 2.05 bits per heavy atom. The van der Waals surface area contributed by atoms with E-state index in [0.717, 1.165) is 12.0 Å². The summed E-state index contributed by atoms with van der Waals surface area (Å²) in [6.07, 6.45) is 9.68. The summed E-state index contributed by atoms with van der Waals surface area (Å²) in [5.74, 6) is 0.452. The minimum atomic E-state index is -0.602. The van der Waals surface area contributed by atoms with Gasteiger partial charge in [-0.3, -0.25) is 0 Å². The monoisotopic (exact) mass is 310 g/mol. The average molecular weight is 310 g/mol. The zero-order chi connectivity index (χ0) is 16.6. The van der Waals surface area contributed by atoms with E-state index in [2.05, 4.69) is 11.7 Å². The summed E-state index contributed by atoms with van der Waals surface area (Å²) in [5, 5.41) is 17.9. The van der Waals surface area contributed by atoms with Crippen LogP contribution in [0.5, 0.6) is 5.75 Å². The number of ether oxygens (including phenoxy) is 1. The van der Waals surface area contributed by atoms with Crippen molar-refractivity contribution in [2.75, 3.05) is 6.61 Å². The summed E-state index contributed by atoms with van der Waals surface area (Å²) in [4.78, 5) is 0. The van der Waals surface area contributed by atoms with Crippen molar-refractivity contribution in [2.45, 2.75) is 78.4 Å². The van der Waals surface area contributed by atoms with E-state index < -0.39 is 6.29 Å². The fourth-order valence-corrected chi connectivity index (χ4v) is 2.24. The Kier molecular flexibility index (Phi) is 14.1. The Morgan fingerprint density at radius 2 is 1.55 bits per heavy atom. The molecular formula is C19H34O3. The van der Waals surface area contributed by atoms with E-state index in [-0.39, 0.29) is 0 Å². The molecule has 0 bridgehead atoms. The van der Waals surface area contributed by atoms with Gasteiger partial charge in [-0.05, 0) is 38.3 Å². The molecule has 2 N–H and O–H groups in total. The van der Waals surface area contributed by atoms with Gasteiger partial charge in [0.05, 0.1) is 0 Å². The van der Waals surface area contributed by atoms with Crippen LogP contribution in [0.3, 0.4) is 0 Å². The Morgan fingerprint density at radius 1 is 0.955 bits per heavy atom. The molecule has 0 spiro atoms. The average Bonchev–Trinajstić information content (AvgIpc) is 2.48.